The Morgan fingerprint density at radius 2 is 1.43 bits per heavy atom. The summed E-state index contributed by atoms with van der Waals surface area (Å²) >= 11 is 0. The van der Waals surface area contributed by atoms with E-state index in [-0.39, 0.29) is 0 Å². The van der Waals surface area contributed by atoms with Crippen LogP contribution in [0.5, 0.6) is 0 Å². The highest BCUT2D eigenvalue weighted by molar-refractivity contribution is 5.63. The molecule has 0 bridgehead atoms. The molecule has 2 aliphatic rings. The molecule has 2 saturated carbocycles. The first-order valence-corrected chi connectivity index (χ1v) is 11.2. The number of halogens is 2. The fraction of sp³-hybridized carbons (Fsp3) is 0.538. The zero-order chi connectivity index (χ0) is 19.5. The van der Waals surface area contributed by atoms with Gasteiger partial charge in [0.25, 0.3) is 0 Å². The second-order valence-electron chi connectivity index (χ2n) is 9.09. The second-order valence-corrected chi connectivity index (χ2v) is 9.09. The van der Waals surface area contributed by atoms with E-state index in [1.54, 1.807) is 6.07 Å². The van der Waals surface area contributed by atoms with Gasteiger partial charge in [-0.05, 0) is 91.0 Å². The molecule has 2 aromatic carbocycles. The molecule has 2 fully saturated rings. The van der Waals surface area contributed by atoms with Crippen molar-refractivity contribution in [3.05, 3.63) is 59.7 Å². The third-order valence-corrected chi connectivity index (χ3v) is 7.35. The second kappa shape index (κ2) is 8.76. The molecule has 0 N–H and O–H groups in total. The summed E-state index contributed by atoms with van der Waals surface area (Å²) in [5.74, 6) is 2.00. The molecule has 4 rings (SSSR count). The minimum Gasteiger partial charge on any atom is -0.204 e. The topological polar surface area (TPSA) is 0 Å². The van der Waals surface area contributed by atoms with E-state index in [0.717, 1.165) is 28.9 Å². The minimum atomic E-state index is -0.791. The third kappa shape index (κ3) is 4.31. The normalized spacial score (nSPS) is 27.8. The van der Waals surface area contributed by atoms with Crippen LogP contribution in [0.4, 0.5) is 8.78 Å². The number of hydrogen-bond donors (Lipinski definition) is 0. The van der Waals surface area contributed by atoms with Crippen LogP contribution in [0.1, 0.15) is 76.2 Å². The average Bonchev–Trinajstić information content (AvgIpc) is 3.19. The number of benzene rings is 2. The molecule has 0 amide bonds. The monoisotopic (exact) mass is 382 g/mol. The van der Waals surface area contributed by atoms with Crippen molar-refractivity contribution in [3.63, 3.8) is 0 Å². The van der Waals surface area contributed by atoms with Gasteiger partial charge < -0.3 is 0 Å². The molecule has 2 atom stereocenters. The SMILES string of the molecule is CCCC1CCC(C2CCC(c3ccc(-c4ccc(F)c(F)c4)cc3)CC2)C1. The highest BCUT2D eigenvalue weighted by atomic mass is 19.2. The highest BCUT2D eigenvalue weighted by Gasteiger charge is 2.33. The summed E-state index contributed by atoms with van der Waals surface area (Å²) < 4.78 is 26.6. The summed E-state index contributed by atoms with van der Waals surface area (Å²) in [7, 11) is 0. The molecule has 28 heavy (non-hydrogen) atoms. The smallest absolute Gasteiger partial charge is 0.159 e. The van der Waals surface area contributed by atoms with E-state index < -0.39 is 11.6 Å². The first-order valence-electron chi connectivity index (χ1n) is 11.2. The molecule has 150 valence electrons. The lowest BCUT2D eigenvalue weighted by atomic mass is 9.73. The molecule has 0 heterocycles. The van der Waals surface area contributed by atoms with Gasteiger partial charge in [0, 0.05) is 0 Å². The van der Waals surface area contributed by atoms with Gasteiger partial charge in [-0.2, -0.15) is 0 Å². The van der Waals surface area contributed by atoms with E-state index in [4.69, 9.17) is 0 Å². The maximum Gasteiger partial charge on any atom is 0.159 e. The number of rotatable bonds is 5. The van der Waals surface area contributed by atoms with Crippen LogP contribution in [0.15, 0.2) is 42.5 Å². The molecule has 2 aliphatic carbocycles. The van der Waals surface area contributed by atoms with Gasteiger partial charge in [0.2, 0.25) is 0 Å². The van der Waals surface area contributed by atoms with Gasteiger partial charge in [-0.15, -0.1) is 0 Å². The van der Waals surface area contributed by atoms with E-state index in [1.807, 2.05) is 0 Å². The van der Waals surface area contributed by atoms with Gasteiger partial charge in [0.15, 0.2) is 11.6 Å². The Kier molecular flexibility index (Phi) is 6.13. The molecule has 2 heteroatoms. The van der Waals surface area contributed by atoms with E-state index >= 15 is 0 Å². The zero-order valence-electron chi connectivity index (χ0n) is 17.0. The van der Waals surface area contributed by atoms with Crippen molar-refractivity contribution in [2.24, 2.45) is 17.8 Å². The third-order valence-electron chi connectivity index (χ3n) is 7.35. The lowest BCUT2D eigenvalue weighted by molar-refractivity contribution is 0.229. The van der Waals surface area contributed by atoms with E-state index in [9.17, 15) is 8.78 Å². The fourth-order valence-electron chi connectivity index (χ4n) is 5.76. The molecule has 0 saturated heterocycles. The highest BCUT2D eigenvalue weighted by Crippen LogP contribution is 2.46. The molecule has 0 aliphatic heterocycles. The van der Waals surface area contributed by atoms with Crippen molar-refractivity contribution in [1.29, 1.82) is 0 Å². The lowest BCUT2D eigenvalue weighted by Gasteiger charge is -2.32. The van der Waals surface area contributed by atoms with Crippen molar-refractivity contribution in [3.8, 4) is 11.1 Å². The number of hydrogen-bond acceptors (Lipinski definition) is 0. The summed E-state index contributed by atoms with van der Waals surface area (Å²) in [6, 6.07) is 12.6. The maximum atomic E-state index is 13.5. The lowest BCUT2D eigenvalue weighted by Crippen LogP contribution is -2.19. The Morgan fingerprint density at radius 1 is 0.750 bits per heavy atom. The van der Waals surface area contributed by atoms with E-state index in [1.165, 1.54) is 75.5 Å². The Bertz CT molecular complexity index is 772. The zero-order valence-corrected chi connectivity index (χ0v) is 17.0. The predicted molar refractivity (Wildman–Crippen MR) is 112 cm³/mol. The summed E-state index contributed by atoms with van der Waals surface area (Å²) in [5.41, 5.74) is 3.08. The first kappa shape index (κ1) is 19.6. The fourth-order valence-corrected chi connectivity index (χ4v) is 5.76. The van der Waals surface area contributed by atoms with Crippen molar-refractivity contribution in [2.75, 3.05) is 0 Å². The van der Waals surface area contributed by atoms with Crippen LogP contribution in [0.25, 0.3) is 11.1 Å². The largest absolute Gasteiger partial charge is 0.204 e. The molecular weight excluding hydrogens is 350 g/mol. The van der Waals surface area contributed by atoms with Crippen molar-refractivity contribution in [1.82, 2.24) is 0 Å². The van der Waals surface area contributed by atoms with E-state index in [2.05, 4.69) is 31.2 Å². The van der Waals surface area contributed by atoms with Crippen molar-refractivity contribution < 1.29 is 8.78 Å². The van der Waals surface area contributed by atoms with Gasteiger partial charge in [0.05, 0.1) is 0 Å². The summed E-state index contributed by atoms with van der Waals surface area (Å²) in [6.45, 7) is 2.32. The Labute approximate surface area is 168 Å². The van der Waals surface area contributed by atoms with Gasteiger partial charge in [-0.1, -0.05) is 56.5 Å². The molecular formula is C26H32F2. The predicted octanol–water partition coefficient (Wildman–Crippen LogP) is 8.12. The molecule has 0 spiro atoms. The molecule has 0 aromatic heterocycles. The summed E-state index contributed by atoms with van der Waals surface area (Å²) in [4.78, 5) is 0. The van der Waals surface area contributed by atoms with Gasteiger partial charge >= 0.3 is 0 Å². The molecule has 2 unspecified atom stereocenters. The molecule has 0 nitrogen and oxygen atoms in total. The molecule has 0 radical (unpaired) electrons. The first-order chi connectivity index (χ1) is 13.6. The van der Waals surface area contributed by atoms with Gasteiger partial charge in [-0.3, -0.25) is 0 Å². The van der Waals surface area contributed by atoms with Crippen LogP contribution in [0.3, 0.4) is 0 Å². The summed E-state index contributed by atoms with van der Waals surface area (Å²) in [5, 5.41) is 0. The van der Waals surface area contributed by atoms with Crippen LogP contribution < -0.4 is 0 Å². The Balaban J connectivity index is 1.34. The van der Waals surface area contributed by atoms with E-state index in [0.29, 0.717) is 5.92 Å². The Hall–Kier alpha value is -1.70. The Morgan fingerprint density at radius 3 is 2.11 bits per heavy atom. The van der Waals surface area contributed by atoms with Crippen LogP contribution in [0, 0.1) is 29.4 Å². The van der Waals surface area contributed by atoms with Gasteiger partial charge in [-0.25, -0.2) is 8.78 Å². The summed E-state index contributed by atoms with van der Waals surface area (Å²) in [6.07, 6.45) is 12.5. The van der Waals surface area contributed by atoms with Crippen molar-refractivity contribution >= 4 is 0 Å². The van der Waals surface area contributed by atoms with Crippen LogP contribution >= 0.6 is 0 Å². The van der Waals surface area contributed by atoms with Crippen LogP contribution in [0.2, 0.25) is 0 Å². The van der Waals surface area contributed by atoms with Crippen LogP contribution in [-0.2, 0) is 0 Å². The van der Waals surface area contributed by atoms with Gasteiger partial charge in [0.1, 0.15) is 0 Å². The van der Waals surface area contributed by atoms with Crippen LogP contribution in [-0.4, -0.2) is 0 Å². The average molecular weight is 383 g/mol. The maximum absolute atomic E-state index is 13.5. The molecule has 2 aromatic rings. The minimum absolute atomic E-state index is 0.656. The standard InChI is InChI=1S/C26H32F2/c1-2-3-18-4-5-23(16-18)21-10-6-19(7-11-21)20-8-12-22(13-9-20)24-14-15-25(27)26(28)17-24/h8-9,12-15,17-19,21,23H,2-7,10-11,16H2,1H3. The van der Waals surface area contributed by atoms with Crippen molar-refractivity contribution in [2.45, 2.75) is 70.6 Å². The quantitative estimate of drug-likeness (QED) is 0.490.